The molecule has 0 bridgehead atoms. The zero-order valence-electron chi connectivity index (χ0n) is 12.4. The van der Waals surface area contributed by atoms with Gasteiger partial charge in [0.05, 0.1) is 28.8 Å². The first kappa shape index (κ1) is 13.8. The number of H-pyrrole nitrogens is 1. The predicted molar refractivity (Wildman–Crippen MR) is 85.0 cm³/mol. The number of likely N-dealkylation sites (tertiary alicyclic amines) is 1. The van der Waals surface area contributed by atoms with Crippen LogP contribution in [0.15, 0.2) is 42.7 Å². The van der Waals surface area contributed by atoms with E-state index in [4.69, 9.17) is 0 Å². The molecule has 0 radical (unpaired) electrons. The van der Waals surface area contributed by atoms with Crippen LogP contribution in [0, 0.1) is 0 Å². The number of hydrogen-bond acceptors (Lipinski definition) is 4. The van der Waals surface area contributed by atoms with Crippen molar-refractivity contribution >= 4 is 16.9 Å². The van der Waals surface area contributed by atoms with Gasteiger partial charge >= 0.3 is 0 Å². The smallest absolute Gasteiger partial charge is 0.256 e. The Bertz CT molecular complexity index is 841. The molecule has 3 aromatic rings. The third-order valence-electron chi connectivity index (χ3n) is 4.21. The first-order valence-electron chi connectivity index (χ1n) is 7.62. The molecule has 0 spiro atoms. The van der Waals surface area contributed by atoms with Crippen LogP contribution in [-0.2, 0) is 0 Å². The maximum Gasteiger partial charge on any atom is 0.256 e. The summed E-state index contributed by atoms with van der Waals surface area (Å²) in [4.78, 5) is 26.4. The van der Waals surface area contributed by atoms with Crippen molar-refractivity contribution in [2.75, 3.05) is 6.54 Å². The van der Waals surface area contributed by atoms with E-state index in [1.165, 1.54) is 18.5 Å². The Labute approximate surface area is 132 Å². The van der Waals surface area contributed by atoms with Crippen LogP contribution in [0.4, 0.5) is 0 Å². The fourth-order valence-electron chi connectivity index (χ4n) is 3.13. The molecule has 0 saturated carbocycles. The van der Waals surface area contributed by atoms with Gasteiger partial charge in [0.2, 0.25) is 0 Å². The van der Waals surface area contributed by atoms with Crippen LogP contribution >= 0.6 is 0 Å². The monoisotopic (exact) mass is 308 g/mol. The van der Waals surface area contributed by atoms with Gasteiger partial charge in [-0.05, 0) is 31.0 Å². The molecule has 116 valence electrons. The van der Waals surface area contributed by atoms with Gasteiger partial charge in [-0.15, -0.1) is 0 Å². The molecule has 6 heteroatoms. The molecule has 1 amide bonds. The molecular formula is C17H16N4O2. The Balaban J connectivity index is 1.67. The molecule has 1 saturated heterocycles. The van der Waals surface area contributed by atoms with E-state index in [1.807, 2.05) is 24.3 Å². The molecule has 4 rings (SSSR count). The van der Waals surface area contributed by atoms with Crippen molar-refractivity contribution in [2.24, 2.45) is 0 Å². The van der Waals surface area contributed by atoms with Gasteiger partial charge in [0.25, 0.3) is 5.91 Å². The number of imidazole rings is 1. The number of fused-ring (bicyclic) bond motifs is 1. The zero-order chi connectivity index (χ0) is 15.8. The Morgan fingerprint density at radius 2 is 2.17 bits per heavy atom. The second kappa shape index (κ2) is 5.39. The molecule has 1 aliphatic heterocycles. The van der Waals surface area contributed by atoms with Crippen LogP contribution < -0.4 is 0 Å². The molecule has 1 atom stereocenters. The molecule has 1 aliphatic rings. The van der Waals surface area contributed by atoms with E-state index in [1.54, 1.807) is 4.90 Å². The number of carbonyl (C=O) groups excluding carboxylic acids is 1. The lowest BCUT2D eigenvalue weighted by molar-refractivity contribution is 0.0729. The number of aromatic amines is 1. The van der Waals surface area contributed by atoms with E-state index >= 15 is 0 Å². The topological polar surface area (TPSA) is 82.1 Å². The van der Waals surface area contributed by atoms with Crippen molar-refractivity contribution in [3.63, 3.8) is 0 Å². The summed E-state index contributed by atoms with van der Waals surface area (Å²) >= 11 is 0. The SMILES string of the molecule is O=C(c1cncc(O)c1)N1CCCC1c1nc2ccccc2[nH]1. The van der Waals surface area contributed by atoms with Crippen molar-refractivity contribution in [1.29, 1.82) is 0 Å². The van der Waals surface area contributed by atoms with Gasteiger partial charge in [0.1, 0.15) is 11.6 Å². The van der Waals surface area contributed by atoms with Crippen LogP contribution in [0.5, 0.6) is 5.75 Å². The minimum Gasteiger partial charge on any atom is -0.506 e. The maximum atomic E-state index is 12.7. The first-order chi connectivity index (χ1) is 11.2. The van der Waals surface area contributed by atoms with Gasteiger partial charge in [-0.2, -0.15) is 0 Å². The van der Waals surface area contributed by atoms with Crippen LogP contribution in [0.25, 0.3) is 11.0 Å². The average molecular weight is 308 g/mol. The van der Waals surface area contributed by atoms with Crippen LogP contribution in [-0.4, -0.2) is 37.4 Å². The second-order valence-electron chi connectivity index (χ2n) is 5.73. The number of benzene rings is 1. The molecule has 1 aromatic carbocycles. The number of para-hydroxylation sites is 2. The van der Waals surface area contributed by atoms with Crippen LogP contribution in [0.3, 0.4) is 0 Å². The fraction of sp³-hybridized carbons (Fsp3) is 0.235. The highest BCUT2D eigenvalue weighted by Gasteiger charge is 2.32. The summed E-state index contributed by atoms with van der Waals surface area (Å²) in [5.41, 5.74) is 2.27. The minimum absolute atomic E-state index is 0.00432. The minimum atomic E-state index is -0.128. The highest BCUT2D eigenvalue weighted by molar-refractivity contribution is 5.94. The summed E-state index contributed by atoms with van der Waals surface area (Å²) in [7, 11) is 0. The molecule has 6 nitrogen and oxygen atoms in total. The summed E-state index contributed by atoms with van der Waals surface area (Å²) in [6, 6.07) is 9.21. The summed E-state index contributed by atoms with van der Waals surface area (Å²) in [5.74, 6) is 0.678. The second-order valence-corrected chi connectivity index (χ2v) is 5.73. The van der Waals surface area contributed by atoms with Crippen LogP contribution in [0.1, 0.15) is 35.1 Å². The fourth-order valence-corrected chi connectivity index (χ4v) is 3.13. The number of nitrogens with one attached hydrogen (secondary N) is 1. The number of rotatable bonds is 2. The lowest BCUT2D eigenvalue weighted by atomic mass is 10.2. The molecule has 2 aromatic heterocycles. The Kier molecular flexibility index (Phi) is 3.22. The molecule has 2 N–H and O–H groups in total. The third-order valence-corrected chi connectivity index (χ3v) is 4.21. The zero-order valence-corrected chi connectivity index (χ0v) is 12.4. The Morgan fingerprint density at radius 1 is 1.30 bits per heavy atom. The Hall–Kier alpha value is -2.89. The van der Waals surface area contributed by atoms with Crippen molar-refractivity contribution < 1.29 is 9.90 Å². The standard InChI is InChI=1S/C17H16N4O2/c22-12-8-11(9-18-10-12)17(23)21-7-3-6-15(21)16-19-13-4-1-2-5-14(13)20-16/h1-2,4-5,8-10,15,22H,3,6-7H2,(H,19,20). The summed E-state index contributed by atoms with van der Waals surface area (Å²) in [6.07, 6.45) is 4.60. The average Bonchev–Trinajstić information content (AvgIpc) is 3.20. The number of hydrogen-bond donors (Lipinski definition) is 2. The maximum absolute atomic E-state index is 12.7. The van der Waals surface area contributed by atoms with Crippen molar-refractivity contribution in [3.8, 4) is 5.75 Å². The molecule has 1 unspecified atom stereocenters. The van der Waals surface area contributed by atoms with Crippen molar-refractivity contribution in [3.05, 3.63) is 54.1 Å². The van der Waals surface area contributed by atoms with Gasteiger partial charge in [0, 0.05) is 12.7 Å². The van der Waals surface area contributed by atoms with Gasteiger partial charge < -0.3 is 15.0 Å². The van der Waals surface area contributed by atoms with E-state index in [9.17, 15) is 9.90 Å². The lowest BCUT2D eigenvalue weighted by Crippen LogP contribution is -2.31. The van der Waals surface area contributed by atoms with E-state index < -0.39 is 0 Å². The molecule has 23 heavy (non-hydrogen) atoms. The van der Waals surface area contributed by atoms with Gasteiger partial charge in [-0.25, -0.2) is 4.98 Å². The highest BCUT2D eigenvalue weighted by Crippen LogP contribution is 2.32. The largest absolute Gasteiger partial charge is 0.506 e. The van der Waals surface area contributed by atoms with E-state index in [-0.39, 0.29) is 17.7 Å². The predicted octanol–water partition coefficient (Wildman–Crippen LogP) is 2.64. The normalized spacial score (nSPS) is 17.7. The molecule has 0 aliphatic carbocycles. The molecular weight excluding hydrogens is 292 g/mol. The number of pyridine rings is 1. The van der Waals surface area contributed by atoms with Crippen molar-refractivity contribution in [2.45, 2.75) is 18.9 Å². The summed E-state index contributed by atoms with van der Waals surface area (Å²) in [5, 5.41) is 9.53. The number of nitrogens with zero attached hydrogens (tertiary/aromatic N) is 3. The van der Waals surface area contributed by atoms with Crippen LogP contribution in [0.2, 0.25) is 0 Å². The number of aromatic nitrogens is 3. The van der Waals surface area contributed by atoms with E-state index in [2.05, 4.69) is 15.0 Å². The van der Waals surface area contributed by atoms with E-state index in [0.717, 1.165) is 29.7 Å². The molecule has 3 heterocycles. The summed E-state index contributed by atoms with van der Waals surface area (Å²) in [6.45, 7) is 0.677. The quantitative estimate of drug-likeness (QED) is 0.762. The van der Waals surface area contributed by atoms with Gasteiger partial charge in [0.15, 0.2) is 0 Å². The number of carbonyl (C=O) groups is 1. The Morgan fingerprint density at radius 3 is 3.00 bits per heavy atom. The van der Waals surface area contributed by atoms with Gasteiger partial charge in [-0.1, -0.05) is 12.1 Å². The summed E-state index contributed by atoms with van der Waals surface area (Å²) < 4.78 is 0. The lowest BCUT2D eigenvalue weighted by Gasteiger charge is -2.23. The number of amides is 1. The number of aromatic hydroxyl groups is 1. The third kappa shape index (κ3) is 2.42. The van der Waals surface area contributed by atoms with Crippen molar-refractivity contribution in [1.82, 2.24) is 19.9 Å². The van der Waals surface area contributed by atoms with Gasteiger partial charge in [-0.3, -0.25) is 9.78 Å². The highest BCUT2D eigenvalue weighted by atomic mass is 16.3. The van der Waals surface area contributed by atoms with E-state index in [0.29, 0.717) is 12.1 Å². The molecule has 1 fully saturated rings. The first-order valence-corrected chi connectivity index (χ1v) is 7.62.